The van der Waals surface area contributed by atoms with Crippen molar-refractivity contribution < 1.29 is 28.6 Å². The van der Waals surface area contributed by atoms with Crippen molar-refractivity contribution in [2.45, 2.75) is 277 Å². The molecule has 0 radical (unpaired) electrons. The first-order valence-corrected chi connectivity index (χ1v) is 28.6. The fourth-order valence-electron chi connectivity index (χ4n) is 7.92. The summed E-state index contributed by atoms with van der Waals surface area (Å²) < 4.78 is 16.8. The van der Waals surface area contributed by atoms with E-state index in [2.05, 4.69) is 106 Å². The highest BCUT2D eigenvalue weighted by Crippen LogP contribution is 2.16. The van der Waals surface area contributed by atoms with Gasteiger partial charge in [-0.2, -0.15) is 0 Å². The molecule has 0 heterocycles. The monoisotopic (exact) mass is 947 g/mol. The van der Waals surface area contributed by atoms with E-state index < -0.39 is 6.10 Å². The van der Waals surface area contributed by atoms with Crippen LogP contribution >= 0.6 is 0 Å². The third kappa shape index (κ3) is 53.5. The summed E-state index contributed by atoms with van der Waals surface area (Å²) in [7, 11) is 0. The zero-order valence-corrected chi connectivity index (χ0v) is 44.6. The molecule has 0 aliphatic heterocycles. The van der Waals surface area contributed by atoms with Gasteiger partial charge in [0, 0.05) is 19.3 Å². The van der Waals surface area contributed by atoms with Gasteiger partial charge in [-0.05, 0) is 89.9 Å². The first-order chi connectivity index (χ1) is 33.5. The standard InChI is InChI=1S/C62H106O6/c1-4-7-10-13-16-19-22-25-27-29-31-33-35-37-40-43-46-49-52-55-61(64)67-58-59(57-66-60(63)54-51-48-45-42-39-24-21-18-15-12-9-6-3)68-62(65)56-53-50-47-44-41-38-36-34-32-30-28-26-23-20-17-14-11-8-5-2/h7,9-10,12,16,18-19,21,25,27,31,33,37,40,59H,4-6,8,11,13-15,17,20,22-24,26,28-30,32,34-36,38-39,41-58H2,1-3H3/b10-7-,12-9-,19-16-,21-18-,27-25-,33-31-,40-37-. The summed E-state index contributed by atoms with van der Waals surface area (Å²) in [6, 6.07) is 0. The number of hydrogen-bond donors (Lipinski definition) is 0. The number of esters is 3. The van der Waals surface area contributed by atoms with Gasteiger partial charge in [0.05, 0.1) is 0 Å². The van der Waals surface area contributed by atoms with Crippen LogP contribution in [-0.4, -0.2) is 37.2 Å². The average Bonchev–Trinajstić information content (AvgIpc) is 3.34. The van der Waals surface area contributed by atoms with Crippen LogP contribution in [-0.2, 0) is 28.6 Å². The second-order valence-electron chi connectivity index (χ2n) is 18.8. The van der Waals surface area contributed by atoms with Gasteiger partial charge in [-0.1, -0.05) is 247 Å². The van der Waals surface area contributed by atoms with Crippen molar-refractivity contribution in [3.8, 4) is 0 Å². The maximum Gasteiger partial charge on any atom is 0.306 e. The van der Waals surface area contributed by atoms with E-state index in [0.717, 1.165) is 128 Å². The molecule has 0 amide bonds. The highest BCUT2D eigenvalue weighted by molar-refractivity contribution is 5.71. The van der Waals surface area contributed by atoms with Crippen molar-refractivity contribution in [2.75, 3.05) is 13.2 Å². The smallest absolute Gasteiger partial charge is 0.306 e. The summed E-state index contributed by atoms with van der Waals surface area (Å²) in [6.07, 6.45) is 72.9. The molecule has 6 heteroatoms. The first-order valence-electron chi connectivity index (χ1n) is 28.6. The molecule has 1 atom stereocenters. The lowest BCUT2D eigenvalue weighted by molar-refractivity contribution is -0.167. The molecule has 0 rings (SSSR count). The fraction of sp³-hybridized carbons (Fsp3) is 0.726. The molecule has 0 fully saturated rings. The molecule has 68 heavy (non-hydrogen) atoms. The van der Waals surface area contributed by atoms with Gasteiger partial charge < -0.3 is 14.2 Å². The topological polar surface area (TPSA) is 78.9 Å². The normalized spacial score (nSPS) is 12.7. The summed E-state index contributed by atoms with van der Waals surface area (Å²) >= 11 is 0. The van der Waals surface area contributed by atoms with Gasteiger partial charge in [-0.15, -0.1) is 0 Å². The Hall–Kier alpha value is -3.41. The number of allylic oxidation sites excluding steroid dienone is 14. The third-order valence-corrected chi connectivity index (χ3v) is 12.1. The molecule has 0 saturated carbocycles. The van der Waals surface area contributed by atoms with Crippen LogP contribution in [0.2, 0.25) is 0 Å². The van der Waals surface area contributed by atoms with Crippen molar-refractivity contribution in [1.29, 1.82) is 0 Å². The van der Waals surface area contributed by atoms with Crippen LogP contribution in [0, 0.1) is 0 Å². The number of hydrogen-bond acceptors (Lipinski definition) is 6. The molecule has 0 aliphatic rings. The summed E-state index contributed by atoms with van der Waals surface area (Å²) in [5.41, 5.74) is 0. The molecular weight excluding hydrogens is 841 g/mol. The van der Waals surface area contributed by atoms with Crippen molar-refractivity contribution in [2.24, 2.45) is 0 Å². The average molecular weight is 948 g/mol. The molecule has 0 saturated heterocycles. The molecule has 0 N–H and O–H groups in total. The fourth-order valence-corrected chi connectivity index (χ4v) is 7.92. The van der Waals surface area contributed by atoms with Gasteiger partial charge in [0.2, 0.25) is 0 Å². The Kier molecular flexibility index (Phi) is 53.4. The number of ether oxygens (including phenoxy) is 3. The minimum absolute atomic E-state index is 0.0932. The SMILES string of the molecule is CC/C=C\C/C=C\C/C=C\C/C=C\C/C=C\CCCCCC(=O)OCC(COC(=O)CCCCCCC/C=C\C/C=C\CC)OC(=O)CCCCCCCCCCCCCCCCCCCCC. The minimum Gasteiger partial charge on any atom is -0.462 e. The molecule has 0 aromatic heterocycles. The van der Waals surface area contributed by atoms with Crippen molar-refractivity contribution >= 4 is 17.9 Å². The Morgan fingerprint density at radius 2 is 0.574 bits per heavy atom. The maximum absolute atomic E-state index is 12.9. The predicted octanol–water partition coefficient (Wildman–Crippen LogP) is 19.2. The van der Waals surface area contributed by atoms with Crippen molar-refractivity contribution in [3.05, 3.63) is 85.1 Å². The van der Waals surface area contributed by atoms with Crippen molar-refractivity contribution in [3.63, 3.8) is 0 Å². The largest absolute Gasteiger partial charge is 0.462 e. The lowest BCUT2D eigenvalue weighted by Gasteiger charge is -2.18. The maximum atomic E-state index is 12.9. The molecule has 390 valence electrons. The summed E-state index contributed by atoms with van der Waals surface area (Å²) in [4.78, 5) is 38.1. The van der Waals surface area contributed by atoms with Crippen LogP contribution in [0.3, 0.4) is 0 Å². The Morgan fingerprint density at radius 3 is 0.912 bits per heavy atom. The third-order valence-electron chi connectivity index (χ3n) is 12.1. The Labute approximate surface area is 420 Å². The van der Waals surface area contributed by atoms with Crippen LogP contribution in [0.4, 0.5) is 0 Å². The van der Waals surface area contributed by atoms with E-state index in [1.807, 2.05) is 0 Å². The van der Waals surface area contributed by atoms with Gasteiger partial charge in [-0.25, -0.2) is 0 Å². The minimum atomic E-state index is -0.795. The summed E-state index contributed by atoms with van der Waals surface area (Å²) in [5.74, 6) is -0.932. The Morgan fingerprint density at radius 1 is 0.309 bits per heavy atom. The van der Waals surface area contributed by atoms with Gasteiger partial charge in [0.15, 0.2) is 6.10 Å². The second kappa shape index (κ2) is 56.2. The molecule has 0 aliphatic carbocycles. The number of carbonyl (C=O) groups is 3. The van der Waals surface area contributed by atoms with Crippen LogP contribution in [0.15, 0.2) is 85.1 Å². The van der Waals surface area contributed by atoms with Crippen LogP contribution < -0.4 is 0 Å². The number of carbonyl (C=O) groups excluding carboxylic acids is 3. The van der Waals surface area contributed by atoms with E-state index in [4.69, 9.17) is 14.2 Å². The molecule has 0 aromatic carbocycles. The highest BCUT2D eigenvalue weighted by atomic mass is 16.6. The van der Waals surface area contributed by atoms with E-state index in [1.165, 1.54) is 103 Å². The quantitative estimate of drug-likeness (QED) is 0.0262. The van der Waals surface area contributed by atoms with Crippen molar-refractivity contribution in [1.82, 2.24) is 0 Å². The molecule has 6 nitrogen and oxygen atoms in total. The molecule has 1 unspecified atom stereocenters. The summed E-state index contributed by atoms with van der Waals surface area (Å²) in [5, 5.41) is 0. The molecule has 0 bridgehead atoms. The second-order valence-corrected chi connectivity index (χ2v) is 18.8. The Balaban J connectivity index is 4.40. The first kappa shape index (κ1) is 64.6. The van der Waals surface area contributed by atoms with Gasteiger partial charge >= 0.3 is 17.9 Å². The van der Waals surface area contributed by atoms with E-state index >= 15 is 0 Å². The summed E-state index contributed by atoms with van der Waals surface area (Å²) in [6.45, 7) is 6.40. The van der Waals surface area contributed by atoms with Gasteiger partial charge in [-0.3, -0.25) is 14.4 Å². The number of unbranched alkanes of at least 4 members (excludes halogenated alkanes) is 26. The van der Waals surface area contributed by atoms with E-state index in [-0.39, 0.29) is 31.1 Å². The zero-order valence-electron chi connectivity index (χ0n) is 44.6. The number of rotatable bonds is 51. The predicted molar refractivity (Wildman–Crippen MR) is 293 cm³/mol. The van der Waals surface area contributed by atoms with Gasteiger partial charge in [0.1, 0.15) is 13.2 Å². The molecular formula is C62H106O6. The molecule has 0 aromatic rings. The lowest BCUT2D eigenvalue weighted by Crippen LogP contribution is -2.30. The van der Waals surface area contributed by atoms with Crippen LogP contribution in [0.1, 0.15) is 271 Å². The van der Waals surface area contributed by atoms with Gasteiger partial charge in [0.25, 0.3) is 0 Å². The highest BCUT2D eigenvalue weighted by Gasteiger charge is 2.19. The Bertz CT molecular complexity index is 1320. The molecule has 0 spiro atoms. The van der Waals surface area contributed by atoms with E-state index in [0.29, 0.717) is 19.3 Å². The van der Waals surface area contributed by atoms with E-state index in [1.54, 1.807) is 0 Å². The van der Waals surface area contributed by atoms with E-state index in [9.17, 15) is 14.4 Å². The van der Waals surface area contributed by atoms with Crippen LogP contribution in [0.25, 0.3) is 0 Å². The van der Waals surface area contributed by atoms with Crippen LogP contribution in [0.5, 0.6) is 0 Å². The zero-order chi connectivity index (χ0) is 49.3. The lowest BCUT2D eigenvalue weighted by atomic mass is 10.0.